The second-order valence-electron chi connectivity index (χ2n) is 4.97. The van der Waals surface area contributed by atoms with Gasteiger partial charge in [-0.25, -0.2) is 0 Å². The van der Waals surface area contributed by atoms with Crippen molar-refractivity contribution in [3.63, 3.8) is 0 Å². The van der Waals surface area contributed by atoms with E-state index >= 15 is 0 Å². The molecule has 0 unspecified atom stereocenters. The van der Waals surface area contributed by atoms with Crippen molar-refractivity contribution in [1.82, 2.24) is 10.2 Å². The van der Waals surface area contributed by atoms with E-state index in [1.165, 1.54) is 11.8 Å². The molecule has 6 nitrogen and oxygen atoms in total. The molecule has 1 aliphatic rings. The topological polar surface area (TPSA) is 75.7 Å². The molecule has 0 radical (unpaired) electrons. The lowest BCUT2D eigenvalue weighted by atomic mass is 10.3. The molecule has 1 saturated heterocycles. The van der Waals surface area contributed by atoms with Crippen molar-refractivity contribution < 1.29 is 18.4 Å². The fourth-order valence-corrected chi connectivity index (χ4v) is 3.53. The number of thioether (sulfide) groups is 1. The summed E-state index contributed by atoms with van der Waals surface area (Å²) >= 11 is 1.48. The Kier molecular flexibility index (Phi) is 4.24. The van der Waals surface area contributed by atoms with E-state index in [0.29, 0.717) is 18.1 Å². The van der Waals surface area contributed by atoms with E-state index in [0.717, 1.165) is 0 Å². The Morgan fingerprint density at radius 3 is 2.77 bits per heavy atom. The Balaban J connectivity index is 1.63. The first-order valence-corrected chi connectivity index (χ1v) is 7.88. The largest absolute Gasteiger partial charge is 0.467 e. The predicted molar refractivity (Wildman–Crippen MR) is 80.8 cm³/mol. The minimum atomic E-state index is -0.258. The lowest BCUT2D eigenvalue weighted by molar-refractivity contribution is -0.135. The average molecular weight is 320 g/mol. The zero-order chi connectivity index (χ0) is 15.5. The van der Waals surface area contributed by atoms with Gasteiger partial charge in [0.15, 0.2) is 0 Å². The fourth-order valence-electron chi connectivity index (χ4n) is 2.30. The highest BCUT2D eigenvalue weighted by atomic mass is 32.2. The van der Waals surface area contributed by atoms with Crippen LogP contribution in [0.1, 0.15) is 23.8 Å². The van der Waals surface area contributed by atoms with Crippen LogP contribution in [-0.2, 0) is 16.1 Å². The van der Waals surface area contributed by atoms with Crippen LogP contribution >= 0.6 is 11.8 Å². The van der Waals surface area contributed by atoms with Crippen molar-refractivity contribution in [2.45, 2.75) is 24.1 Å². The summed E-state index contributed by atoms with van der Waals surface area (Å²) in [5.41, 5.74) is 0. The van der Waals surface area contributed by atoms with Gasteiger partial charge in [-0.2, -0.15) is 0 Å². The van der Waals surface area contributed by atoms with Crippen LogP contribution in [0.2, 0.25) is 0 Å². The molecule has 22 heavy (non-hydrogen) atoms. The Hall–Kier alpha value is -2.15. The van der Waals surface area contributed by atoms with Gasteiger partial charge in [-0.15, -0.1) is 11.8 Å². The van der Waals surface area contributed by atoms with Crippen LogP contribution in [0.15, 0.2) is 45.6 Å². The van der Waals surface area contributed by atoms with Crippen LogP contribution in [0, 0.1) is 0 Å². The molecular weight excluding hydrogens is 304 g/mol. The van der Waals surface area contributed by atoms with Gasteiger partial charge in [0, 0.05) is 0 Å². The molecule has 116 valence electrons. The van der Waals surface area contributed by atoms with Crippen molar-refractivity contribution >= 4 is 23.6 Å². The van der Waals surface area contributed by atoms with Crippen molar-refractivity contribution in [2.75, 3.05) is 6.54 Å². The molecule has 2 aromatic rings. The van der Waals surface area contributed by atoms with Gasteiger partial charge in [0.2, 0.25) is 11.8 Å². The van der Waals surface area contributed by atoms with Crippen molar-refractivity contribution in [3.8, 4) is 0 Å². The highest BCUT2D eigenvalue weighted by molar-refractivity contribution is 8.01. The van der Waals surface area contributed by atoms with Gasteiger partial charge < -0.3 is 19.1 Å². The summed E-state index contributed by atoms with van der Waals surface area (Å²) in [5, 5.41) is 2.30. The zero-order valence-corrected chi connectivity index (χ0v) is 12.8. The third-order valence-electron chi connectivity index (χ3n) is 3.39. The highest BCUT2D eigenvalue weighted by Gasteiger charge is 2.40. The molecular formula is C15H16N2O4S. The minimum Gasteiger partial charge on any atom is -0.467 e. The van der Waals surface area contributed by atoms with Crippen LogP contribution in [0.5, 0.6) is 0 Å². The van der Waals surface area contributed by atoms with Gasteiger partial charge in [-0.3, -0.25) is 9.59 Å². The summed E-state index contributed by atoms with van der Waals surface area (Å²) in [5.74, 6) is 1.07. The molecule has 1 aliphatic heterocycles. The molecule has 0 bridgehead atoms. The predicted octanol–water partition coefficient (Wildman–Crippen LogP) is 2.15. The number of hydrogen-bond acceptors (Lipinski definition) is 5. The van der Waals surface area contributed by atoms with Crippen LogP contribution in [0.3, 0.4) is 0 Å². The molecule has 3 rings (SSSR count). The molecule has 3 heterocycles. The molecule has 2 amide bonds. The third-order valence-corrected chi connectivity index (χ3v) is 4.74. The Morgan fingerprint density at radius 1 is 1.32 bits per heavy atom. The Labute approximate surface area is 131 Å². The first kappa shape index (κ1) is 14.8. The molecule has 1 fully saturated rings. The van der Waals surface area contributed by atoms with Gasteiger partial charge >= 0.3 is 0 Å². The minimum absolute atomic E-state index is 0.00223. The van der Waals surface area contributed by atoms with Gasteiger partial charge in [0.1, 0.15) is 23.4 Å². The second kappa shape index (κ2) is 6.31. The van der Waals surface area contributed by atoms with Crippen LogP contribution in [0.4, 0.5) is 0 Å². The number of amides is 2. The lowest BCUT2D eigenvalue weighted by Crippen LogP contribution is -2.39. The molecule has 0 saturated carbocycles. The molecule has 2 atom stereocenters. The van der Waals surface area contributed by atoms with Gasteiger partial charge in [0.05, 0.1) is 24.3 Å². The number of hydrogen-bond donors (Lipinski definition) is 1. The van der Waals surface area contributed by atoms with E-state index in [1.807, 2.05) is 13.0 Å². The number of carbonyl (C=O) groups is 2. The number of carbonyl (C=O) groups excluding carboxylic acids is 2. The smallest absolute Gasteiger partial charge is 0.240 e. The summed E-state index contributed by atoms with van der Waals surface area (Å²) in [7, 11) is 0. The Bertz CT molecular complexity index is 639. The molecule has 0 spiro atoms. The first-order valence-electron chi connectivity index (χ1n) is 6.93. The van der Waals surface area contributed by atoms with Crippen molar-refractivity contribution in [3.05, 3.63) is 48.3 Å². The molecule has 0 aliphatic carbocycles. The third kappa shape index (κ3) is 3.04. The number of nitrogens with zero attached hydrogens (tertiary/aromatic N) is 1. The number of nitrogens with one attached hydrogen (secondary N) is 1. The van der Waals surface area contributed by atoms with Gasteiger partial charge in [0.25, 0.3) is 0 Å². The van der Waals surface area contributed by atoms with E-state index in [9.17, 15) is 9.59 Å². The summed E-state index contributed by atoms with van der Waals surface area (Å²) in [6, 6.07) is 7.14. The zero-order valence-electron chi connectivity index (χ0n) is 12.0. The summed E-state index contributed by atoms with van der Waals surface area (Å²) in [6.07, 6.45) is 3.12. The molecule has 7 heteroatoms. The summed E-state index contributed by atoms with van der Waals surface area (Å²) in [4.78, 5) is 25.9. The van der Waals surface area contributed by atoms with E-state index < -0.39 is 0 Å². The maximum absolute atomic E-state index is 12.2. The van der Waals surface area contributed by atoms with Crippen LogP contribution in [-0.4, -0.2) is 28.5 Å². The quantitative estimate of drug-likeness (QED) is 0.913. The second-order valence-corrected chi connectivity index (χ2v) is 6.39. The Morgan fingerprint density at radius 2 is 2.09 bits per heavy atom. The standard InChI is InChI=1S/C15H16N2O4S/c1-10-14(19)17(15(22-10)12-5-3-7-21-12)9-13(18)16-8-11-4-2-6-20-11/h2-7,10,15H,8-9H2,1H3,(H,16,18)/t10-,15+/m1/s1. The highest BCUT2D eigenvalue weighted by Crippen LogP contribution is 2.42. The van der Waals surface area contributed by atoms with Gasteiger partial charge in [-0.1, -0.05) is 0 Å². The van der Waals surface area contributed by atoms with E-state index in [2.05, 4.69) is 5.32 Å². The fraction of sp³-hybridized carbons (Fsp3) is 0.333. The van der Waals surface area contributed by atoms with Crippen molar-refractivity contribution in [1.29, 1.82) is 0 Å². The van der Waals surface area contributed by atoms with Crippen LogP contribution < -0.4 is 5.32 Å². The molecule has 1 N–H and O–H groups in total. The van der Waals surface area contributed by atoms with Crippen LogP contribution in [0.25, 0.3) is 0 Å². The lowest BCUT2D eigenvalue weighted by Gasteiger charge is -2.21. The normalized spacial score (nSPS) is 21.3. The SMILES string of the molecule is C[C@H]1S[C@@H](c2ccco2)N(CC(=O)NCc2ccco2)C1=O. The van der Waals surface area contributed by atoms with Gasteiger partial charge in [-0.05, 0) is 31.2 Å². The number of furan rings is 2. The molecule has 2 aromatic heterocycles. The average Bonchev–Trinajstić information content (AvgIpc) is 3.23. The maximum Gasteiger partial charge on any atom is 0.240 e. The first-order chi connectivity index (χ1) is 10.6. The number of rotatable bonds is 5. The van der Waals surface area contributed by atoms with E-state index in [1.54, 1.807) is 35.6 Å². The maximum atomic E-state index is 12.2. The summed E-state index contributed by atoms with van der Waals surface area (Å²) < 4.78 is 10.5. The molecule has 0 aromatic carbocycles. The monoisotopic (exact) mass is 320 g/mol. The van der Waals surface area contributed by atoms with E-state index in [4.69, 9.17) is 8.83 Å². The van der Waals surface area contributed by atoms with Crippen molar-refractivity contribution in [2.24, 2.45) is 0 Å². The van der Waals surface area contributed by atoms with E-state index in [-0.39, 0.29) is 29.0 Å². The summed E-state index contributed by atoms with van der Waals surface area (Å²) in [6.45, 7) is 2.15.